The average molecular weight is 141 g/mol. The molecule has 1 fully saturated rings. The van der Waals surface area contributed by atoms with Gasteiger partial charge < -0.3 is 5.32 Å². The highest BCUT2D eigenvalue weighted by atomic mass is 16.1. The van der Waals surface area contributed by atoms with Crippen molar-refractivity contribution in [2.75, 3.05) is 0 Å². The third-order valence-corrected chi connectivity index (χ3v) is 2.53. The van der Waals surface area contributed by atoms with Crippen molar-refractivity contribution in [1.29, 1.82) is 0 Å². The van der Waals surface area contributed by atoms with Crippen LogP contribution in [0.5, 0.6) is 0 Å². The van der Waals surface area contributed by atoms with Crippen molar-refractivity contribution < 1.29 is 4.79 Å². The van der Waals surface area contributed by atoms with Crippen LogP contribution < -0.4 is 5.32 Å². The van der Waals surface area contributed by atoms with Crippen LogP contribution in [-0.4, -0.2) is 12.5 Å². The zero-order chi connectivity index (χ0) is 7.61. The Balaban J connectivity index is 2.50. The first-order valence-electron chi connectivity index (χ1n) is 3.86. The SMILES string of the molecule is CC1(C)CCCC1NC=O. The van der Waals surface area contributed by atoms with Gasteiger partial charge in [0.25, 0.3) is 0 Å². The molecule has 0 heterocycles. The lowest BCUT2D eigenvalue weighted by molar-refractivity contribution is -0.110. The fourth-order valence-electron chi connectivity index (χ4n) is 1.72. The minimum absolute atomic E-state index is 0.320. The molecule has 0 aromatic rings. The summed E-state index contributed by atoms with van der Waals surface area (Å²) < 4.78 is 0. The highest BCUT2D eigenvalue weighted by Gasteiger charge is 2.33. The molecule has 1 unspecified atom stereocenters. The molecule has 0 radical (unpaired) electrons. The van der Waals surface area contributed by atoms with E-state index in [-0.39, 0.29) is 0 Å². The highest BCUT2D eigenvalue weighted by molar-refractivity contribution is 5.47. The molecule has 1 N–H and O–H groups in total. The molecule has 0 saturated heterocycles. The molecule has 1 rings (SSSR count). The summed E-state index contributed by atoms with van der Waals surface area (Å²) in [6, 6.07) is 0.407. The van der Waals surface area contributed by atoms with Gasteiger partial charge in [-0.25, -0.2) is 0 Å². The maximum absolute atomic E-state index is 10.1. The van der Waals surface area contributed by atoms with Crippen molar-refractivity contribution in [2.45, 2.75) is 39.2 Å². The van der Waals surface area contributed by atoms with Crippen LogP contribution in [0.2, 0.25) is 0 Å². The minimum atomic E-state index is 0.320. The van der Waals surface area contributed by atoms with Gasteiger partial charge in [-0.1, -0.05) is 20.3 Å². The largest absolute Gasteiger partial charge is 0.355 e. The van der Waals surface area contributed by atoms with Crippen molar-refractivity contribution in [3.05, 3.63) is 0 Å². The first-order chi connectivity index (χ1) is 4.67. The summed E-state index contributed by atoms with van der Waals surface area (Å²) in [4.78, 5) is 10.1. The van der Waals surface area contributed by atoms with Crippen LogP contribution in [0.3, 0.4) is 0 Å². The Labute approximate surface area is 62.0 Å². The Bertz CT molecular complexity index is 131. The van der Waals surface area contributed by atoms with Gasteiger partial charge in [0.1, 0.15) is 0 Å². The zero-order valence-electron chi connectivity index (χ0n) is 6.68. The topological polar surface area (TPSA) is 29.1 Å². The first-order valence-corrected chi connectivity index (χ1v) is 3.86. The summed E-state index contributed by atoms with van der Waals surface area (Å²) >= 11 is 0. The number of hydrogen-bond donors (Lipinski definition) is 1. The van der Waals surface area contributed by atoms with E-state index in [9.17, 15) is 4.79 Å². The van der Waals surface area contributed by atoms with Crippen LogP contribution in [0.15, 0.2) is 0 Å². The van der Waals surface area contributed by atoms with E-state index in [1.54, 1.807) is 0 Å². The molecular formula is C8H15NO. The molecule has 1 atom stereocenters. The number of rotatable bonds is 2. The van der Waals surface area contributed by atoms with Crippen molar-refractivity contribution in [3.8, 4) is 0 Å². The van der Waals surface area contributed by atoms with Gasteiger partial charge in [-0.2, -0.15) is 0 Å². The van der Waals surface area contributed by atoms with E-state index >= 15 is 0 Å². The molecule has 0 bridgehead atoms. The van der Waals surface area contributed by atoms with Gasteiger partial charge in [0.05, 0.1) is 0 Å². The van der Waals surface area contributed by atoms with Gasteiger partial charge in [-0.15, -0.1) is 0 Å². The molecule has 0 aromatic heterocycles. The predicted octanol–water partition coefficient (Wildman–Crippen LogP) is 1.31. The quantitative estimate of drug-likeness (QED) is 0.577. The molecule has 1 aliphatic rings. The molecule has 1 saturated carbocycles. The second kappa shape index (κ2) is 2.60. The van der Waals surface area contributed by atoms with Crippen LogP contribution in [0.4, 0.5) is 0 Å². The summed E-state index contributed by atoms with van der Waals surface area (Å²) in [5, 5.41) is 2.85. The van der Waals surface area contributed by atoms with E-state index in [4.69, 9.17) is 0 Å². The van der Waals surface area contributed by atoms with Crippen molar-refractivity contribution in [1.82, 2.24) is 5.32 Å². The minimum Gasteiger partial charge on any atom is -0.355 e. The number of nitrogens with one attached hydrogen (secondary N) is 1. The highest BCUT2D eigenvalue weighted by Crippen LogP contribution is 2.36. The smallest absolute Gasteiger partial charge is 0.207 e. The summed E-state index contributed by atoms with van der Waals surface area (Å²) in [7, 11) is 0. The van der Waals surface area contributed by atoms with Gasteiger partial charge in [0, 0.05) is 6.04 Å². The molecule has 2 heteroatoms. The fourth-order valence-corrected chi connectivity index (χ4v) is 1.72. The maximum atomic E-state index is 10.1. The van der Waals surface area contributed by atoms with E-state index in [1.165, 1.54) is 12.8 Å². The molecule has 58 valence electrons. The molecule has 2 nitrogen and oxygen atoms in total. The van der Waals surface area contributed by atoms with Crippen LogP contribution in [0.25, 0.3) is 0 Å². The fraction of sp³-hybridized carbons (Fsp3) is 0.875. The number of hydrogen-bond acceptors (Lipinski definition) is 1. The maximum Gasteiger partial charge on any atom is 0.207 e. The van der Waals surface area contributed by atoms with E-state index in [1.807, 2.05) is 0 Å². The Morgan fingerprint density at radius 3 is 2.70 bits per heavy atom. The Kier molecular flexibility index (Phi) is 1.97. The van der Waals surface area contributed by atoms with Crippen LogP contribution in [-0.2, 0) is 4.79 Å². The third-order valence-electron chi connectivity index (χ3n) is 2.53. The molecule has 10 heavy (non-hydrogen) atoms. The number of carbonyl (C=O) groups is 1. The van der Waals surface area contributed by atoms with Crippen molar-refractivity contribution >= 4 is 6.41 Å². The number of amides is 1. The first kappa shape index (κ1) is 7.58. The Morgan fingerprint density at radius 2 is 2.30 bits per heavy atom. The van der Waals surface area contributed by atoms with Gasteiger partial charge in [-0.05, 0) is 18.3 Å². The Morgan fingerprint density at radius 1 is 1.60 bits per heavy atom. The molecule has 1 aliphatic carbocycles. The van der Waals surface area contributed by atoms with Crippen LogP contribution >= 0.6 is 0 Å². The second-order valence-electron chi connectivity index (χ2n) is 3.72. The van der Waals surface area contributed by atoms with Crippen molar-refractivity contribution in [2.24, 2.45) is 5.41 Å². The van der Waals surface area contributed by atoms with E-state index in [0.29, 0.717) is 11.5 Å². The normalized spacial score (nSPS) is 30.0. The lowest BCUT2D eigenvalue weighted by Crippen LogP contribution is -2.36. The van der Waals surface area contributed by atoms with Gasteiger partial charge in [0.15, 0.2) is 0 Å². The van der Waals surface area contributed by atoms with E-state index < -0.39 is 0 Å². The van der Waals surface area contributed by atoms with Crippen LogP contribution in [0, 0.1) is 5.41 Å². The molecule has 0 spiro atoms. The van der Waals surface area contributed by atoms with Gasteiger partial charge >= 0.3 is 0 Å². The standard InChI is InChI=1S/C8H15NO/c1-8(2)5-3-4-7(8)9-6-10/h6-7H,3-5H2,1-2H3,(H,9,10). The van der Waals surface area contributed by atoms with Gasteiger partial charge in [0.2, 0.25) is 6.41 Å². The second-order valence-corrected chi connectivity index (χ2v) is 3.72. The van der Waals surface area contributed by atoms with Crippen LogP contribution in [0.1, 0.15) is 33.1 Å². The van der Waals surface area contributed by atoms with Crippen molar-refractivity contribution in [3.63, 3.8) is 0 Å². The predicted molar refractivity (Wildman–Crippen MR) is 40.6 cm³/mol. The number of carbonyl (C=O) groups excluding carboxylic acids is 1. The monoisotopic (exact) mass is 141 g/mol. The summed E-state index contributed by atoms with van der Waals surface area (Å²) in [5.74, 6) is 0. The molecule has 0 aromatic carbocycles. The zero-order valence-corrected chi connectivity index (χ0v) is 6.68. The molecule has 1 amide bonds. The lowest BCUT2D eigenvalue weighted by Gasteiger charge is -2.25. The van der Waals surface area contributed by atoms with Gasteiger partial charge in [-0.3, -0.25) is 4.79 Å². The molecule has 0 aliphatic heterocycles. The van der Waals surface area contributed by atoms with E-state index in [2.05, 4.69) is 19.2 Å². The molecular weight excluding hydrogens is 126 g/mol. The Hall–Kier alpha value is -0.530. The summed E-state index contributed by atoms with van der Waals surface area (Å²) in [6.45, 7) is 4.42. The summed E-state index contributed by atoms with van der Waals surface area (Å²) in [5.41, 5.74) is 0.320. The van der Waals surface area contributed by atoms with E-state index in [0.717, 1.165) is 12.8 Å². The third kappa shape index (κ3) is 1.31. The summed E-state index contributed by atoms with van der Waals surface area (Å²) in [6.07, 6.45) is 4.44. The lowest BCUT2D eigenvalue weighted by atomic mass is 9.88. The average Bonchev–Trinajstić information content (AvgIpc) is 2.13.